The highest BCUT2D eigenvalue weighted by Crippen LogP contribution is 2.31. The summed E-state index contributed by atoms with van der Waals surface area (Å²) in [6.45, 7) is 6.49. The molecule has 29 heavy (non-hydrogen) atoms. The number of rotatable bonds is 8. The van der Waals surface area contributed by atoms with Gasteiger partial charge in [-0.25, -0.2) is 4.79 Å². The molecule has 0 aromatic heterocycles. The van der Waals surface area contributed by atoms with Gasteiger partial charge in [-0.2, -0.15) is 0 Å². The highest BCUT2D eigenvalue weighted by atomic mass is 16.5. The van der Waals surface area contributed by atoms with Crippen LogP contribution in [0.4, 0.5) is 4.79 Å². The number of nitrogens with one attached hydrogen (secondary N) is 1. The van der Waals surface area contributed by atoms with Crippen molar-refractivity contribution in [3.63, 3.8) is 0 Å². The van der Waals surface area contributed by atoms with Gasteiger partial charge in [0.25, 0.3) is 5.91 Å². The molecule has 1 heterocycles. The molecule has 1 saturated heterocycles. The minimum Gasteiger partial charge on any atom is -0.496 e. The number of aryl methyl sites for hydroxylation is 2. The number of hydrogen-bond donors (Lipinski definition) is 1. The molecule has 0 aliphatic carbocycles. The summed E-state index contributed by atoms with van der Waals surface area (Å²) in [6, 6.07) is 13.1. The lowest BCUT2D eigenvalue weighted by molar-refractivity contribution is -0.131. The number of hydrogen-bond acceptors (Lipinski definition) is 4. The van der Waals surface area contributed by atoms with Crippen LogP contribution in [0.2, 0.25) is 0 Å². The molecule has 3 rings (SSSR count). The molecular formula is C23H28N2O4. The van der Waals surface area contributed by atoms with Crippen LogP contribution in [-0.4, -0.2) is 37.1 Å². The van der Waals surface area contributed by atoms with Crippen LogP contribution >= 0.6 is 0 Å². The molecule has 2 aromatic carbocycles. The zero-order valence-corrected chi connectivity index (χ0v) is 17.5. The highest BCUT2D eigenvalue weighted by Gasteiger charge is 2.48. The summed E-state index contributed by atoms with van der Waals surface area (Å²) in [5.41, 5.74) is 1.83. The van der Waals surface area contributed by atoms with Gasteiger partial charge >= 0.3 is 6.03 Å². The fourth-order valence-corrected chi connectivity index (χ4v) is 3.52. The van der Waals surface area contributed by atoms with Crippen molar-refractivity contribution >= 4 is 11.9 Å². The summed E-state index contributed by atoms with van der Waals surface area (Å²) in [5, 5.41) is 2.84. The fourth-order valence-electron chi connectivity index (χ4n) is 3.52. The molecule has 2 aromatic rings. The molecular weight excluding hydrogens is 368 g/mol. The number of imide groups is 1. The van der Waals surface area contributed by atoms with E-state index in [9.17, 15) is 9.59 Å². The molecule has 1 fully saturated rings. The van der Waals surface area contributed by atoms with Crippen LogP contribution in [0, 0.1) is 6.92 Å². The van der Waals surface area contributed by atoms with E-state index in [-0.39, 0.29) is 11.9 Å². The molecule has 6 heteroatoms. The van der Waals surface area contributed by atoms with E-state index >= 15 is 0 Å². The van der Waals surface area contributed by atoms with E-state index in [0.29, 0.717) is 19.6 Å². The highest BCUT2D eigenvalue weighted by molar-refractivity contribution is 6.07. The van der Waals surface area contributed by atoms with Gasteiger partial charge in [0.05, 0.1) is 13.7 Å². The van der Waals surface area contributed by atoms with Crippen LogP contribution in [-0.2, 0) is 16.8 Å². The third-order valence-electron chi connectivity index (χ3n) is 5.37. The first-order chi connectivity index (χ1) is 13.9. The van der Waals surface area contributed by atoms with Crippen LogP contribution < -0.4 is 14.8 Å². The van der Waals surface area contributed by atoms with E-state index in [1.807, 2.05) is 49.4 Å². The smallest absolute Gasteiger partial charge is 0.325 e. The van der Waals surface area contributed by atoms with Crippen LogP contribution in [0.25, 0.3) is 0 Å². The first-order valence-electron chi connectivity index (χ1n) is 9.90. The Morgan fingerprint density at radius 1 is 1.10 bits per heavy atom. The second-order valence-electron chi connectivity index (χ2n) is 7.40. The number of carbonyl (C=O) groups excluding carboxylic acids is 2. The number of amides is 3. The van der Waals surface area contributed by atoms with Crippen molar-refractivity contribution in [2.45, 2.75) is 39.2 Å². The summed E-state index contributed by atoms with van der Waals surface area (Å²) in [4.78, 5) is 26.7. The topological polar surface area (TPSA) is 67.9 Å². The Morgan fingerprint density at radius 2 is 1.83 bits per heavy atom. The van der Waals surface area contributed by atoms with Crippen molar-refractivity contribution in [2.75, 3.05) is 20.3 Å². The monoisotopic (exact) mass is 396 g/mol. The SMILES string of the molecule is CCc1ccc(OCCCN2C(=O)NC(C)(c3ccc(OC)c(C)c3)C2=O)cc1. The Hall–Kier alpha value is -3.02. The van der Waals surface area contributed by atoms with Gasteiger partial charge in [0.1, 0.15) is 17.0 Å². The summed E-state index contributed by atoms with van der Waals surface area (Å²) in [6.07, 6.45) is 1.55. The van der Waals surface area contributed by atoms with E-state index in [1.54, 1.807) is 14.0 Å². The van der Waals surface area contributed by atoms with Crippen molar-refractivity contribution in [3.05, 3.63) is 59.2 Å². The standard InChI is InChI=1S/C23H28N2O4/c1-5-17-7-10-19(11-8-17)29-14-6-13-25-21(26)23(3,24-22(25)27)18-9-12-20(28-4)16(2)15-18/h7-12,15H,5-6,13-14H2,1-4H3,(H,24,27). The van der Waals surface area contributed by atoms with E-state index in [2.05, 4.69) is 12.2 Å². The molecule has 6 nitrogen and oxygen atoms in total. The number of benzene rings is 2. The zero-order valence-electron chi connectivity index (χ0n) is 17.5. The lowest BCUT2D eigenvalue weighted by atomic mass is 9.90. The first-order valence-corrected chi connectivity index (χ1v) is 9.90. The predicted molar refractivity (Wildman–Crippen MR) is 111 cm³/mol. The van der Waals surface area contributed by atoms with Crippen molar-refractivity contribution in [2.24, 2.45) is 0 Å². The zero-order chi connectivity index (χ0) is 21.0. The second kappa shape index (κ2) is 8.55. The van der Waals surface area contributed by atoms with Gasteiger partial charge in [0, 0.05) is 6.54 Å². The average Bonchev–Trinajstić information content (AvgIpc) is 2.95. The molecule has 1 unspecified atom stereocenters. The molecule has 1 N–H and O–H groups in total. The van der Waals surface area contributed by atoms with Gasteiger partial charge in [-0.15, -0.1) is 0 Å². The maximum Gasteiger partial charge on any atom is 0.325 e. The van der Waals surface area contributed by atoms with Gasteiger partial charge in [-0.05, 0) is 67.6 Å². The molecule has 154 valence electrons. The molecule has 0 bridgehead atoms. The number of methoxy groups -OCH3 is 1. The summed E-state index contributed by atoms with van der Waals surface area (Å²) >= 11 is 0. The number of urea groups is 1. The van der Waals surface area contributed by atoms with E-state index < -0.39 is 5.54 Å². The van der Waals surface area contributed by atoms with Gasteiger partial charge in [-0.3, -0.25) is 9.69 Å². The van der Waals surface area contributed by atoms with Crippen LogP contribution in [0.5, 0.6) is 11.5 Å². The normalized spacial score (nSPS) is 18.7. The van der Waals surface area contributed by atoms with E-state index in [4.69, 9.17) is 9.47 Å². The van der Waals surface area contributed by atoms with Crippen molar-refractivity contribution in [3.8, 4) is 11.5 Å². The first kappa shape index (κ1) is 20.7. The minimum atomic E-state index is -1.08. The van der Waals surface area contributed by atoms with Gasteiger partial charge < -0.3 is 14.8 Å². The van der Waals surface area contributed by atoms with Gasteiger partial charge in [0.2, 0.25) is 0 Å². The summed E-state index contributed by atoms with van der Waals surface area (Å²) in [7, 11) is 1.61. The molecule has 1 atom stereocenters. The lowest BCUT2D eigenvalue weighted by Gasteiger charge is -2.23. The predicted octanol–water partition coefficient (Wildman–Crippen LogP) is 3.80. The van der Waals surface area contributed by atoms with Crippen molar-refractivity contribution in [1.29, 1.82) is 0 Å². The molecule has 3 amide bonds. The fraction of sp³-hybridized carbons (Fsp3) is 0.391. The summed E-state index contributed by atoms with van der Waals surface area (Å²) < 4.78 is 11.0. The second-order valence-corrected chi connectivity index (χ2v) is 7.40. The minimum absolute atomic E-state index is 0.251. The Labute approximate surface area is 171 Å². The van der Waals surface area contributed by atoms with Crippen molar-refractivity contribution in [1.82, 2.24) is 10.2 Å². The summed E-state index contributed by atoms with van der Waals surface area (Å²) in [5.74, 6) is 1.28. The van der Waals surface area contributed by atoms with E-state index in [1.165, 1.54) is 10.5 Å². The molecule has 1 aliphatic heterocycles. The molecule has 0 spiro atoms. The number of carbonyl (C=O) groups is 2. The molecule has 0 radical (unpaired) electrons. The number of ether oxygens (including phenoxy) is 2. The van der Waals surface area contributed by atoms with Gasteiger partial charge in [-0.1, -0.05) is 25.1 Å². The maximum atomic E-state index is 13.0. The maximum absolute atomic E-state index is 13.0. The van der Waals surface area contributed by atoms with Crippen LogP contribution in [0.1, 0.15) is 37.0 Å². The third-order valence-corrected chi connectivity index (χ3v) is 5.37. The number of nitrogens with zero attached hydrogens (tertiary/aromatic N) is 1. The lowest BCUT2D eigenvalue weighted by Crippen LogP contribution is -2.41. The Kier molecular flexibility index (Phi) is 6.11. The Morgan fingerprint density at radius 3 is 2.45 bits per heavy atom. The molecule has 0 saturated carbocycles. The largest absolute Gasteiger partial charge is 0.496 e. The van der Waals surface area contributed by atoms with E-state index in [0.717, 1.165) is 29.0 Å². The third kappa shape index (κ3) is 4.21. The average molecular weight is 396 g/mol. The quantitative estimate of drug-likeness (QED) is 0.544. The Balaban J connectivity index is 1.60. The Bertz CT molecular complexity index is 894. The molecule has 1 aliphatic rings. The van der Waals surface area contributed by atoms with Crippen LogP contribution in [0.3, 0.4) is 0 Å². The van der Waals surface area contributed by atoms with Crippen molar-refractivity contribution < 1.29 is 19.1 Å². The van der Waals surface area contributed by atoms with Crippen LogP contribution in [0.15, 0.2) is 42.5 Å². The van der Waals surface area contributed by atoms with Gasteiger partial charge in [0.15, 0.2) is 0 Å².